The number of rotatable bonds is 5. The minimum absolute atomic E-state index is 0.0336. The fraction of sp³-hybridized carbons (Fsp3) is 0.135. The Kier molecular flexibility index (Phi) is 21.5. The van der Waals surface area contributed by atoms with Gasteiger partial charge in [0.1, 0.15) is 71.1 Å². The molecule has 30 heteroatoms. The number of nitrogens with two attached hydrogens (primary N) is 3. The first-order valence-corrected chi connectivity index (χ1v) is 28.0. The third-order valence-electron chi connectivity index (χ3n) is 11.0. The van der Waals surface area contributed by atoms with Crippen LogP contribution < -0.4 is 17.2 Å². The third-order valence-corrected chi connectivity index (χ3v) is 16.8. The van der Waals surface area contributed by atoms with E-state index in [1.807, 2.05) is 73.7 Å². The van der Waals surface area contributed by atoms with E-state index in [2.05, 4.69) is 76.2 Å². The molecule has 24 nitrogen and oxygen atoms in total. The molecule has 0 unspecified atom stereocenters. The maximum Gasteiger partial charge on any atom is 0.349 e. The van der Waals surface area contributed by atoms with Crippen LogP contribution in [0.3, 0.4) is 0 Å². The van der Waals surface area contributed by atoms with Crippen molar-refractivity contribution in [2.24, 2.45) is 14.1 Å². The quantitative estimate of drug-likeness (QED) is 0.0306. The Morgan fingerprint density at radius 2 is 1.18 bits per heavy atom. The van der Waals surface area contributed by atoms with Crippen molar-refractivity contribution < 1.29 is 29.0 Å². The number of anilines is 3. The number of fused-ring (bicyclic) bond motifs is 11. The van der Waals surface area contributed by atoms with Crippen LogP contribution in [0.4, 0.5) is 21.4 Å². The van der Waals surface area contributed by atoms with Crippen molar-refractivity contribution in [2.75, 3.05) is 45.6 Å². The zero-order chi connectivity index (χ0) is 58.9. The smallest absolute Gasteiger partial charge is 0.349 e. The van der Waals surface area contributed by atoms with Crippen molar-refractivity contribution >= 4 is 179 Å². The van der Waals surface area contributed by atoms with Crippen LogP contribution >= 0.6 is 68.9 Å². The van der Waals surface area contributed by atoms with E-state index in [9.17, 15) is 14.9 Å². The van der Waals surface area contributed by atoms with Crippen LogP contribution in [-0.2, 0) is 28.3 Å². The van der Waals surface area contributed by atoms with Crippen molar-refractivity contribution in [1.82, 2.24) is 59.0 Å². The van der Waals surface area contributed by atoms with Crippen LogP contribution in [0.2, 0.25) is 0 Å². The zero-order valence-corrected chi connectivity index (χ0v) is 49.0. The number of H-pyrrole nitrogens is 2. The second-order valence-electron chi connectivity index (χ2n) is 16.0. The van der Waals surface area contributed by atoms with Crippen molar-refractivity contribution in [2.45, 2.75) is 6.48 Å². The van der Waals surface area contributed by atoms with E-state index in [-0.39, 0.29) is 10.7 Å². The fourth-order valence-corrected chi connectivity index (χ4v) is 12.2. The zero-order valence-electron chi connectivity index (χ0n) is 44.1. The Morgan fingerprint density at radius 3 is 1.68 bits per heavy atom. The van der Waals surface area contributed by atoms with Crippen LogP contribution in [0.5, 0.6) is 0 Å². The molecule has 0 aliphatic rings. The van der Waals surface area contributed by atoms with Gasteiger partial charge in [-0.1, -0.05) is 57.6 Å². The molecule has 0 saturated heterocycles. The summed E-state index contributed by atoms with van der Waals surface area (Å²) in [6, 6.07) is 24.4. The number of aldehydes is 1. The summed E-state index contributed by atoms with van der Waals surface area (Å²) in [4.78, 5) is 68.1. The molecule has 0 aliphatic heterocycles. The van der Waals surface area contributed by atoms with Gasteiger partial charge in [-0.2, -0.15) is 5.26 Å². The van der Waals surface area contributed by atoms with Gasteiger partial charge in [0.15, 0.2) is 12.1 Å². The Morgan fingerprint density at radius 1 is 0.671 bits per heavy atom. The van der Waals surface area contributed by atoms with E-state index >= 15 is 0 Å². The largest absolute Gasteiger partial charge is 0.400 e. The summed E-state index contributed by atoms with van der Waals surface area (Å²) in [5, 5.41) is 31.4. The number of aryl methyl sites for hydroxylation is 2. The van der Waals surface area contributed by atoms with Crippen LogP contribution in [-0.4, -0.2) is 110 Å². The number of pyridine rings is 6. The van der Waals surface area contributed by atoms with Gasteiger partial charge in [-0.05, 0) is 84.1 Å². The number of aliphatic hydroxyl groups is 1. The van der Waals surface area contributed by atoms with Gasteiger partial charge in [-0.15, -0.1) is 0 Å². The molecule has 82 heavy (non-hydrogen) atoms. The number of nitrogen functional groups attached to an aromatic ring is 3. The van der Waals surface area contributed by atoms with Crippen LogP contribution in [0.25, 0.3) is 82.1 Å². The van der Waals surface area contributed by atoms with Gasteiger partial charge < -0.3 is 55.6 Å². The van der Waals surface area contributed by atoms with Crippen LogP contribution in [0.1, 0.15) is 16.2 Å². The van der Waals surface area contributed by atoms with E-state index < -0.39 is 11.4 Å². The summed E-state index contributed by atoms with van der Waals surface area (Å²) in [7, 11) is 9.38. The van der Waals surface area contributed by atoms with Gasteiger partial charge in [-0.3, -0.25) is 14.9 Å². The minimum atomic E-state index is -0.514. The maximum atomic E-state index is 10.7. The molecule has 14 heterocycles. The van der Waals surface area contributed by atoms with E-state index in [4.69, 9.17) is 39.8 Å². The van der Waals surface area contributed by atoms with E-state index in [1.165, 1.54) is 37.5 Å². The molecular weight excluding hydrogens is 1170 g/mol. The Hall–Kier alpha value is -8.87. The Balaban J connectivity index is 0.000000138. The summed E-state index contributed by atoms with van der Waals surface area (Å²) >= 11 is 12.0. The predicted octanol–water partition coefficient (Wildman–Crippen LogP) is 11.0. The normalized spacial score (nSPS) is 10.5. The Labute approximate surface area is 489 Å². The Bertz CT molecular complexity index is 4500. The van der Waals surface area contributed by atoms with E-state index in [1.54, 1.807) is 100 Å². The number of ether oxygens (including phenoxy) is 3. The number of hydrogen-bond donors (Lipinski definition) is 6. The highest BCUT2D eigenvalue weighted by molar-refractivity contribution is 7.71. The van der Waals surface area contributed by atoms with Gasteiger partial charge in [0.25, 0.3) is 6.48 Å². The number of imidazole rings is 3. The van der Waals surface area contributed by atoms with Gasteiger partial charge in [-0.25, -0.2) is 39.9 Å². The third kappa shape index (κ3) is 14.0. The number of nitrogens with zero attached hydrogens (tertiary/aromatic N) is 12. The number of methoxy groups -OCH3 is 3. The fourth-order valence-electron chi connectivity index (χ4n) is 7.26. The lowest BCUT2D eigenvalue weighted by atomic mass is 10.3. The first-order valence-electron chi connectivity index (χ1n) is 23.5. The number of nitriles is 1. The second kappa shape index (κ2) is 29.0. The summed E-state index contributed by atoms with van der Waals surface area (Å²) in [6.07, 6.45) is 14.7. The minimum Gasteiger partial charge on any atom is -0.400 e. The first kappa shape index (κ1) is 60.8. The second-order valence-corrected chi connectivity index (χ2v) is 21.3. The molecule has 420 valence electrons. The number of carbonyl (C=O) groups excluding carboxylic acids is 1. The van der Waals surface area contributed by atoms with E-state index in [0.29, 0.717) is 36.9 Å². The summed E-state index contributed by atoms with van der Waals surface area (Å²) < 4.78 is 18.1. The monoisotopic (exact) mass is 1220 g/mol. The molecule has 9 N–H and O–H groups in total. The number of hydrogen-bond acceptors (Lipinski definition) is 25. The predicted molar refractivity (Wildman–Crippen MR) is 331 cm³/mol. The molecule has 0 radical (unpaired) electrons. The average molecular weight is 1220 g/mol. The molecule has 0 saturated carbocycles. The van der Waals surface area contributed by atoms with Crippen LogP contribution in [0.15, 0.2) is 123 Å². The number of nitrogens with one attached hydrogen (secondary N) is 2. The molecule has 14 rings (SSSR count). The molecule has 0 aromatic carbocycles. The lowest BCUT2D eigenvalue weighted by Crippen LogP contribution is -2.14. The molecule has 14 aromatic heterocycles. The van der Waals surface area contributed by atoms with Gasteiger partial charge in [0.05, 0.1) is 34.3 Å². The molecule has 0 aliphatic carbocycles. The standard InChI is InChI=1S/C10H7N3OS.C9H7N3S.C8H5N3S.C7H5N3O2S.C7H7N3S.C6H4N2S.C4H10O3.CH4O/c1-13-7(5-14)12-8-6-3-2-4-11-9(6)15-10(8)13;1-12-5-11-7-6-3-2-4-10-8(6)13-9(7)12;1-2-5-6-8(11-4-10-6)12-7(5)9-3-1;8-5-4-2-1-3-9-6(4)13-7(5)10(11)12;8-5-4-2-1-3-10-7(4)11-6(5)9;7-4-5-2-1-3-8-6(5)9;1-5-4(6-2)7-3;1-2/h2-5H,1H3;2-5H,1H3;1-4H,(H,10,11);1-3H,8H2;1-3H,8-9H2;1-3H,(H,8,9);4H,1-3H3;2H,1H3. The van der Waals surface area contributed by atoms with Crippen molar-refractivity contribution in [3.05, 3.63) is 149 Å². The average Bonchev–Trinajstić information content (AvgIpc) is 4.40. The van der Waals surface area contributed by atoms with Gasteiger partial charge in [0.2, 0.25) is 0 Å². The van der Waals surface area contributed by atoms with Crippen LogP contribution in [0, 0.1) is 26.1 Å². The first-order chi connectivity index (χ1) is 39.8. The van der Waals surface area contributed by atoms with Gasteiger partial charge >= 0.3 is 5.00 Å². The highest BCUT2D eigenvalue weighted by Gasteiger charge is 2.19. The molecule has 0 atom stereocenters. The summed E-state index contributed by atoms with van der Waals surface area (Å²) in [5.74, 6) is 0.460. The van der Waals surface area contributed by atoms with Crippen molar-refractivity contribution in [3.63, 3.8) is 0 Å². The number of aromatic nitrogens is 12. The highest BCUT2D eigenvalue weighted by atomic mass is 32.1. The highest BCUT2D eigenvalue weighted by Crippen LogP contribution is 2.38. The number of carbonyl (C=O) groups is 1. The molecule has 0 bridgehead atoms. The van der Waals surface area contributed by atoms with E-state index in [0.717, 1.165) is 91.8 Å². The summed E-state index contributed by atoms with van der Waals surface area (Å²) in [5.41, 5.74) is 21.3. The topological polar surface area (TPSA) is 355 Å². The van der Waals surface area contributed by atoms with Crippen molar-refractivity contribution in [3.8, 4) is 6.07 Å². The maximum absolute atomic E-state index is 10.7. The molecule has 0 fully saturated rings. The number of nitro groups is 1. The lowest BCUT2D eigenvalue weighted by molar-refractivity contribution is -0.379. The number of aliphatic hydroxyl groups excluding tert-OH is 1. The lowest BCUT2D eigenvalue weighted by Gasteiger charge is -2.08. The molecule has 14 aromatic rings. The molecular formula is C52H49N17O7S6. The summed E-state index contributed by atoms with van der Waals surface area (Å²) in [6.45, 7) is -0.514. The number of aromatic amines is 2. The molecule has 0 amide bonds. The number of thiophene rings is 5. The van der Waals surface area contributed by atoms with Gasteiger partial charge in [0, 0.05) is 107 Å². The molecule has 0 spiro atoms. The SMILES string of the molecule is CO.COC(OC)OC.Cn1c(C=O)nc2c3cccnc3sc21.Cn1cnc2c3cccnc3sc21.N#Cc1ccc[nH]c1=S.Nc1c([N+](=O)[O-])sc2ncccc12.Nc1sc2ncccc2c1N.c1cnc2sc3nc[nH]c3c2c1. The van der Waals surface area contributed by atoms with Crippen molar-refractivity contribution in [1.29, 1.82) is 5.26 Å².